The van der Waals surface area contributed by atoms with Gasteiger partial charge in [-0.3, -0.25) is 9.48 Å². The molecule has 0 aliphatic heterocycles. The SMILES string of the molecule is O=C(Nc1cnn(Cc2ccccc2)c1)c1cccs1. The lowest BCUT2D eigenvalue weighted by atomic mass is 10.2. The zero-order chi connectivity index (χ0) is 13.8. The molecule has 0 spiro atoms. The van der Waals surface area contributed by atoms with E-state index >= 15 is 0 Å². The molecular weight excluding hydrogens is 270 g/mol. The van der Waals surface area contributed by atoms with Crippen LogP contribution in [0.25, 0.3) is 0 Å². The maximum Gasteiger partial charge on any atom is 0.265 e. The summed E-state index contributed by atoms with van der Waals surface area (Å²) in [6, 6.07) is 13.7. The van der Waals surface area contributed by atoms with Gasteiger partial charge in [-0.1, -0.05) is 36.4 Å². The van der Waals surface area contributed by atoms with E-state index in [1.54, 1.807) is 16.9 Å². The Morgan fingerprint density at radius 1 is 1.20 bits per heavy atom. The minimum atomic E-state index is -0.0979. The average molecular weight is 283 g/mol. The molecule has 3 rings (SSSR count). The van der Waals surface area contributed by atoms with Crippen molar-refractivity contribution in [3.8, 4) is 0 Å². The lowest BCUT2D eigenvalue weighted by Crippen LogP contribution is -2.09. The van der Waals surface area contributed by atoms with Crippen molar-refractivity contribution in [2.75, 3.05) is 5.32 Å². The fourth-order valence-corrected chi connectivity index (χ4v) is 2.50. The van der Waals surface area contributed by atoms with Crippen LogP contribution in [0.3, 0.4) is 0 Å². The highest BCUT2D eigenvalue weighted by Crippen LogP contribution is 2.13. The number of carbonyl (C=O) groups excluding carboxylic acids is 1. The van der Waals surface area contributed by atoms with E-state index in [-0.39, 0.29) is 5.91 Å². The van der Waals surface area contributed by atoms with E-state index in [2.05, 4.69) is 10.4 Å². The molecule has 3 aromatic rings. The standard InChI is InChI=1S/C15H13N3OS/c19-15(14-7-4-8-20-14)17-13-9-16-18(11-13)10-12-5-2-1-3-6-12/h1-9,11H,10H2,(H,17,19). The number of hydrogen-bond acceptors (Lipinski definition) is 3. The molecule has 0 bridgehead atoms. The topological polar surface area (TPSA) is 46.9 Å². The second-order valence-electron chi connectivity index (χ2n) is 4.34. The van der Waals surface area contributed by atoms with Crippen molar-refractivity contribution in [2.45, 2.75) is 6.54 Å². The number of rotatable bonds is 4. The fraction of sp³-hybridized carbons (Fsp3) is 0.0667. The maximum absolute atomic E-state index is 11.9. The molecule has 1 N–H and O–H groups in total. The van der Waals surface area contributed by atoms with Gasteiger partial charge in [0.15, 0.2) is 0 Å². The first-order valence-corrected chi connectivity index (χ1v) is 7.10. The highest BCUT2D eigenvalue weighted by Gasteiger charge is 2.08. The van der Waals surface area contributed by atoms with Gasteiger partial charge in [0.1, 0.15) is 0 Å². The summed E-state index contributed by atoms with van der Waals surface area (Å²) in [7, 11) is 0. The predicted molar refractivity (Wildman–Crippen MR) is 80.0 cm³/mol. The third kappa shape index (κ3) is 2.95. The van der Waals surface area contributed by atoms with Crippen LogP contribution in [0, 0.1) is 0 Å². The summed E-state index contributed by atoms with van der Waals surface area (Å²) in [6.07, 6.45) is 3.49. The molecule has 5 heteroatoms. The smallest absolute Gasteiger partial charge is 0.265 e. The van der Waals surface area contributed by atoms with Crippen LogP contribution in [-0.4, -0.2) is 15.7 Å². The van der Waals surface area contributed by atoms with Gasteiger partial charge in [-0.15, -0.1) is 11.3 Å². The second-order valence-corrected chi connectivity index (χ2v) is 5.29. The van der Waals surface area contributed by atoms with Crippen LogP contribution in [0.15, 0.2) is 60.2 Å². The number of nitrogens with one attached hydrogen (secondary N) is 1. The molecule has 0 unspecified atom stereocenters. The summed E-state index contributed by atoms with van der Waals surface area (Å²) in [6.45, 7) is 0.690. The lowest BCUT2D eigenvalue weighted by Gasteiger charge is -2.01. The zero-order valence-electron chi connectivity index (χ0n) is 10.7. The number of hydrogen-bond donors (Lipinski definition) is 1. The Kier molecular flexibility index (Phi) is 3.60. The van der Waals surface area contributed by atoms with Crippen molar-refractivity contribution >= 4 is 22.9 Å². The normalized spacial score (nSPS) is 10.4. The van der Waals surface area contributed by atoms with Gasteiger partial charge >= 0.3 is 0 Å². The number of benzene rings is 1. The average Bonchev–Trinajstić information content (AvgIpc) is 3.11. The summed E-state index contributed by atoms with van der Waals surface area (Å²) in [5.74, 6) is -0.0979. The van der Waals surface area contributed by atoms with Gasteiger partial charge in [0.25, 0.3) is 5.91 Å². The first-order chi connectivity index (χ1) is 9.81. The monoisotopic (exact) mass is 283 g/mol. The molecule has 20 heavy (non-hydrogen) atoms. The van der Waals surface area contributed by atoms with E-state index in [4.69, 9.17) is 0 Å². The van der Waals surface area contributed by atoms with Crippen molar-refractivity contribution in [2.24, 2.45) is 0 Å². The molecule has 0 saturated heterocycles. The van der Waals surface area contributed by atoms with Crippen LogP contribution in [0.4, 0.5) is 5.69 Å². The summed E-state index contributed by atoms with van der Waals surface area (Å²) in [5.41, 5.74) is 1.88. The Bertz CT molecular complexity index is 689. The third-order valence-corrected chi connectivity index (χ3v) is 3.69. The third-order valence-electron chi connectivity index (χ3n) is 2.82. The Hall–Kier alpha value is -2.40. The van der Waals surface area contributed by atoms with Crippen molar-refractivity contribution in [1.29, 1.82) is 0 Å². The van der Waals surface area contributed by atoms with Gasteiger partial charge in [0, 0.05) is 6.20 Å². The number of aromatic nitrogens is 2. The van der Waals surface area contributed by atoms with Crippen LogP contribution in [0.2, 0.25) is 0 Å². The fourth-order valence-electron chi connectivity index (χ4n) is 1.89. The predicted octanol–water partition coefficient (Wildman–Crippen LogP) is 3.25. The van der Waals surface area contributed by atoms with Crippen LogP contribution < -0.4 is 5.32 Å². The molecule has 0 aliphatic rings. The van der Waals surface area contributed by atoms with Crippen LogP contribution >= 0.6 is 11.3 Å². The van der Waals surface area contributed by atoms with Crippen molar-refractivity contribution < 1.29 is 4.79 Å². The highest BCUT2D eigenvalue weighted by atomic mass is 32.1. The molecule has 1 aromatic carbocycles. The van der Waals surface area contributed by atoms with Crippen LogP contribution in [0.5, 0.6) is 0 Å². The molecule has 0 radical (unpaired) electrons. The molecule has 4 nitrogen and oxygen atoms in total. The largest absolute Gasteiger partial charge is 0.319 e. The van der Waals surface area contributed by atoms with Crippen molar-refractivity contribution in [3.05, 3.63) is 70.7 Å². The number of amides is 1. The maximum atomic E-state index is 11.9. The van der Waals surface area contributed by atoms with Gasteiger partial charge < -0.3 is 5.32 Å². The van der Waals surface area contributed by atoms with E-state index in [1.807, 2.05) is 48.0 Å². The van der Waals surface area contributed by atoms with E-state index in [0.29, 0.717) is 17.1 Å². The molecule has 2 heterocycles. The van der Waals surface area contributed by atoms with E-state index in [1.165, 1.54) is 16.9 Å². The van der Waals surface area contributed by atoms with E-state index < -0.39 is 0 Å². The molecular formula is C15H13N3OS. The minimum Gasteiger partial charge on any atom is -0.319 e. The van der Waals surface area contributed by atoms with E-state index in [0.717, 1.165) is 0 Å². The molecule has 2 aromatic heterocycles. The van der Waals surface area contributed by atoms with Gasteiger partial charge in [-0.2, -0.15) is 5.10 Å². The second kappa shape index (κ2) is 5.71. The number of anilines is 1. The van der Waals surface area contributed by atoms with Crippen LogP contribution in [0.1, 0.15) is 15.2 Å². The molecule has 0 aliphatic carbocycles. The first-order valence-electron chi connectivity index (χ1n) is 6.22. The number of nitrogens with zero attached hydrogens (tertiary/aromatic N) is 2. The molecule has 0 saturated carbocycles. The van der Waals surface area contributed by atoms with Crippen LogP contribution in [-0.2, 0) is 6.54 Å². The summed E-state index contributed by atoms with van der Waals surface area (Å²) < 4.78 is 1.80. The van der Waals surface area contributed by atoms with Gasteiger partial charge in [-0.05, 0) is 17.0 Å². The Morgan fingerprint density at radius 2 is 2.05 bits per heavy atom. The number of carbonyl (C=O) groups is 1. The summed E-state index contributed by atoms with van der Waals surface area (Å²) in [4.78, 5) is 12.6. The van der Waals surface area contributed by atoms with Gasteiger partial charge in [0.05, 0.1) is 23.3 Å². The Labute approximate surface area is 120 Å². The quantitative estimate of drug-likeness (QED) is 0.799. The molecule has 100 valence electrons. The minimum absolute atomic E-state index is 0.0979. The van der Waals surface area contributed by atoms with Gasteiger partial charge in [-0.25, -0.2) is 0 Å². The van der Waals surface area contributed by atoms with Gasteiger partial charge in [0.2, 0.25) is 0 Å². The summed E-state index contributed by atoms with van der Waals surface area (Å²) in [5, 5.41) is 8.97. The summed E-state index contributed by atoms with van der Waals surface area (Å²) >= 11 is 1.42. The van der Waals surface area contributed by atoms with Crippen molar-refractivity contribution in [1.82, 2.24) is 9.78 Å². The highest BCUT2D eigenvalue weighted by molar-refractivity contribution is 7.12. The lowest BCUT2D eigenvalue weighted by molar-refractivity contribution is 0.103. The molecule has 0 atom stereocenters. The Morgan fingerprint density at radius 3 is 2.80 bits per heavy atom. The van der Waals surface area contributed by atoms with Crippen molar-refractivity contribution in [3.63, 3.8) is 0 Å². The van der Waals surface area contributed by atoms with E-state index in [9.17, 15) is 4.79 Å². The first kappa shape index (κ1) is 12.6. The number of thiophene rings is 1. The zero-order valence-corrected chi connectivity index (χ0v) is 11.5. The molecule has 1 amide bonds. The molecule has 0 fully saturated rings. The Balaban J connectivity index is 1.67.